The highest BCUT2D eigenvalue weighted by molar-refractivity contribution is 5.95. The lowest BCUT2D eigenvalue weighted by molar-refractivity contribution is -0.139. The number of carbonyl (C=O) groups excluding carboxylic acids is 2. The number of H-pyrrole nitrogens is 1. The summed E-state index contributed by atoms with van der Waals surface area (Å²) < 4.78 is 14.9. The third-order valence-electron chi connectivity index (χ3n) is 10.0. The van der Waals surface area contributed by atoms with Crippen LogP contribution in [-0.2, 0) is 11.2 Å². The van der Waals surface area contributed by atoms with E-state index in [0.29, 0.717) is 49.7 Å². The number of halogens is 1. The Morgan fingerprint density at radius 2 is 1.61 bits per heavy atom. The quantitative estimate of drug-likeness (QED) is 0.424. The van der Waals surface area contributed by atoms with Gasteiger partial charge in [0.2, 0.25) is 5.91 Å². The number of piperazine rings is 1. The van der Waals surface area contributed by atoms with Gasteiger partial charge in [-0.2, -0.15) is 5.10 Å². The minimum atomic E-state index is -0.571. The Morgan fingerprint density at radius 1 is 0.909 bits per heavy atom. The van der Waals surface area contributed by atoms with Crippen LogP contribution in [0.2, 0.25) is 0 Å². The van der Waals surface area contributed by atoms with Crippen molar-refractivity contribution in [2.24, 2.45) is 11.8 Å². The van der Waals surface area contributed by atoms with Crippen molar-refractivity contribution in [2.45, 2.75) is 25.3 Å². The summed E-state index contributed by atoms with van der Waals surface area (Å²) in [5.41, 5.74) is 1.13. The number of benzene rings is 2. The number of hydrogen-bond donors (Lipinski definition) is 2. The number of piperidine rings is 1. The number of nitrogens with zero attached hydrogens (tertiary/aromatic N) is 5. The lowest BCUT2D eigenvalue weighted by Crippen LogP contribution is -2.63. The van der Waals surface area contributed by atoms with E-state index < -0.39 is 5.82 Å². The Labute approximate surface area is 256 Å². The average molecular weight is 602 g/mol. The van der Waals surface area contributed by atoms with Gasteiger partial charge in [-0.15, -0.1) is 0 Å². The molecule has 0 radical (unpaired) electrons. The molecule has 4 aliphatic rings. The molecule has 4 saturated heterocycles. The molecule has 4 aliphatic heterocycles. The molecule has 3 aromatic rings. The number of amides is 2. The van der Waals surface area contributed by atoms with Crippen LogP contribution >= 0.6 is 0 Å². The highest BCUT2D eigenvalue weighted by Gasteiger charge is 2.38. The summed E-state index contributed by atoms with van der Waals surface area (Å²) in [6.07, 6.45) is 2.12. The van der Waals surface area contributed by atoms with Crippen LogP contribution in [0.25, 0.3) is 10.8 Å². The summed E-state index contributed by atoms with van der Waals surface area (Å²) in [6.45, 7) is 9.44. The maximum atomic E-state index is 14.9. The zero-order valence-corrected chi connectivity index (χ0v) is 25.0. The maximum absolute atomic E-state index is 14.9. The Morgan fingerprint density at radius 3 is 2.32 bits per heavy atom. The van der Waals surface area contributed by atoms with Crippen LogP contribution in [-0.4, -0.2) is 120 Å². The highest BCUT2D eigenvalue weighted by atomic mass is 19.1. The van der Waals surface area contributed by atoms with E-state index in [1.54, 1.807) is 29.2 Å². The largest absolute Gasteiger partial charge is 0.339 e. The molecule has 0 atom stereocenters. The molecule has 5 heterocycles. The highest BCUT2D eigenvalue weighted by Crippen LogP contribution is 2.26. The van der Waals surface area contributed by atoms with Crippen molar-refractivity contribution < 1.29 is 14.0 Å². The van der Waals surface area contributed by atoms with Gasteiger partial charge >= 0.3 is 0 Å². The second-order valence-electron chi connectivity index (χ2n) is 12.9. The molecule has 1 aromatic heterocycles. The Balaban J connectivity index is 0.910. The number of likely N-dealkylation sites (tertiary alicyclic amines) is 2. The molecule has 232 valence electrons. The van der Waals surface area contributed by atoms with Crippen LogP contribution in [0.1, 0.15) is 34.5 Å². The van der Waals surface area contributed by atoms with Crippen molar-refractivity contribution >= 4 is 22.6 Å². The molecule has 0 aliphatic carbocycles. The van der Waals surface area contributed by atoms with Gasteiger partial charge < -0.3 is 15.1 Å². The van der Waals surface area contributed by atoms with E-state index in [2.05, 4.69) is 25.3 Å². The van der Waals surface area contributed by atoms with Gasteiger partial charge in [-0.25, -0.2) is 9.49 Å². The zero-order valence-electron chi connectivity index (χ0n) is 25.0. The molecule has 0 saturated carbocycles. The zero-order chi connectivity index (χ0) is 30.2. The molecule has 0 spiro atoms. The summed E-state index contributed by atoms with van der Waals surface area (Å²) in [6, 6.07) is 12.4. The SMILES string of the molecule is O=C(c1cc(Cc2n[nH]c(=O)c3ccccc23)ccc1F)N1CCN(C(=O)C2CCN(C3CN(CC4CNC4)C3)CC2)CC1. The van der Waals surface area contributed by atoms with Gasteiger partial charge in [0.05, 0.1) is 16.6 Å². The molecule has 2 aromatic carbocycles. The summed E-state index contributed by atoms with van der Waals surface area (Å²) >= 11 is 0. The Kier molecular flexibility index (Phi) is 8.17. The molecule has 4 fully saturated rings. The number of fused-ring (bicyclic) bond motifs is 1. The normalized spacial score (nSPS) is 20.9. The fourth-order valence-electron chi connectivity index (χ4n) is 7.18. The first-order valence-electron chi connectivity index (χ1n) is 15.9. The number of hydrogen-bond acceptors (Lipinski definition) is 7. The first-order chi connectivity index (χ1) is 21.4. The molecule has 0 bridgehead atoms. The molecule has 44 heavy (non-hydrogen) atoms. The van der Waals surface area contributed by atoms with Gasteiger partial charge in [0.15, 0.2) is 0 Å². The fraction of sp³-hybridized carbons (Fsp3) is 0.515. The number of rotatable bonds is 7. The average Bonchev–Trinajstić information content (AvgIpc) is 3.01. The number of aromatic nitrogens is 2. The molecule has 11 heteroatoms. The van der Waals surface area contributed by atoms with Gasteiger partial charge in [0, 0.05) is 82.7 Å². The van der Waals surface area contributed by atoms with Crippen molar-refractivity contribution in [3.63, 3.8) is 0 Å². The van der Waals surface area contributed by atoms with E-state index >= 15 is 0 Å². The van der Waals surface area contributed by atoms with Crippen molar-refractivity contribution in [1.29, 1.82) is 0 Å². The maximum Gasteiger partial charge on any atom is 0.272 e. The molecule has 10 nitrogen and oxygen atoms in total. The van der Waals surface area contributed by atoms with Crippen LogP contribution in [0, 0.1) is 17.7 Å². The van der Waals surface area contributed by atoms with Gasteiger partial charge in [-0.3, -0.25) is 24.2 Å². The molecule has 7 rings (SSSR count). The van der Waals surface area contributed by atoms with Crippen molar-refractivity contribution in [3.05, 3.63) is 75.5 Å². The summed E-state index contributed by atoms with van der Waals surface area (Å²) in [5.74, 6) is 0.104. The minimum Gasteiger partial charge on any atom is -0.339 e. The predicted octanol–water partition coefficient (Wildman–Crippen LogP) is 1.55. The summed E-state index contributed by atoms with van der Waals surface area (Å²) in [4.78, 5) is 47.6. The van der Waals surface area contributed by atoms with E-state index in [4.69, 9.17) is 0 Å². The van der Waals surface area contributed by atoms with Crippen LogP contribution in [0.3, 0.4) is 0 Å². The summed E-state index contributed by atoms with van der Waals surface area (Å²) in [7, 11) is 0. The first-order valence-corrected chi connectivity index (χ1v) is 15.9. The van der Waals surface area contributed by atoms with Crippen molar-refractivity contribution in [3.8, 4) is 0 Å². The van der Waals surface area contributed by atoms with E-state index in [9.17, 15) is 18.8 Å². The van der Waals surface area contributed by atoms with E-state index in [1.165, 1.54) is 12.6 Å². The molecule has 2 amide bonds. The van der Waals surface area contributed by atoms with E-state index in [0.717, 1.165) is 69.0 Å². The van der Waals surface area contributed by atoms with Gasteiger partial charge in [-0.1, -0.05) is 24.3 Å². The smallest absolute Gasteiger partial charge is 0.272 e. The third kappa shape index (κ3) is 5.88. The van der Waals surface area contributed by atoms with Crippen LogP contribution in [0.15, 0.2) is 47.3 Å². The topological polar surface area (TPSA) is 105 Å². The van der Waals surface area contributed by atoms with Crippen molar-refractivity contribution in [2.75, 3.05) is 72.0 Å². The van der Waals surface area contributed by atoms with Crippen LogP contribution < -0.4 is 10.9 Å². The predicted molar refractivity (Wildman–Crippen MR) is 165 cm³/mol. The van der Waals surface area contributed by atoms with Gasteiger partial charge in [-0.05, 0) is 55.6 Å². The summed E-state index contributed by atoms with van der Waals surface area (Å²) in [5, 5.41) is 11.4. The standard InChI is InChI=1S/C33H40FN7O3/c34-29-6-5-22(16-30-26-3-1-2-4-27(26)31(42)37-36-30)15-28(29)33(44)41-13-11-40(12-14-41)32(43)24-7-9-39(10-8-24)25-20-38(21-25)19-23-17-35-18-23/h1-6,15,23-25,35H,7-14,16-21H2,(H,37,42). The Bertz CT molecular complexity index is 1590. The van der Waals surface area contributed by atoms with Crippen molar-refractivity contribution in [1.82, 2.24) is 35.1 Å². The fourth-order valence-corrected chi connectivity index (χ4v) is 7.18. The molecule has 0 unspecified atom stereocenters. The molecular weight excluding hydrogens is 561 g/mol. The van der Waals surface area contributed by atoms with Crippen LogP contribution in [0.4, 0.5) is 4.39 Å². The third-order valence-corrected chi connectivity index (χ3v) is 10.0. The lowest BCUT2D eigenvalue weighted by atomic mass is 9.92. The monoisotopic (exact) mass is 601 g/mol. The molecule has 2 N–H and O–H groups in total. The lowest BCUT2D eigenvalue weighted by Gasteiger charge is -2.49. The van der Waals surface area contributed by atoms with E-state index in [-0.39, 0.29) is 28.9 Å². The van der Waals surface area contributed by atoms with E-state index in [1.807, 2.05) is 17.0 Å². The van der Waals surface area contributed by atoms with Crippen LogP contribution in [0.5, 0.6) is 0 Å². The second-order valence-corrected chi connectivity index (χ2v) is 12.9. The van der Waals surface area contributed by atoms with Gasteiger partial charge in [0.1, 0.15) is 5.82 Å². The molecular formula is C33H40FN7O3. The first kappa shape index (κ1) is 29.1. The van der Waals surface area contributed by atoms with Gasteiger partial charge in [0.25, 0.3) is 11.5 Å². The number of aromatic amines is 1. The minimum absolute atomic E-state index is 0.0160. The number of nitrogens with one attached hydrogen (secondary N) is 2. The Hall–Kier alpha value is -3.67. The second kappa shape index (κ2) is 12.4. The number of carbonyl (C=O) groups is 2.